The van der Waals surface area contributed by atoms with Gasteiger partial charge in [0.15, 0.2) is 15.6 Å². The Hall–Kier alpha value is -3.48. The number of hydrogen-bond acceptors (Lipinski definition) is 11. The van der Waals surface area contributed by atoms with Crippen molar-refractivity contribution in [2.24, 2.45) is 10.2 Å². The Balaban J connectivity index is 2.04. The van der Waals surface area contributed by atoms with E-state index in [0.717, 1.165) is 12.1 Å². The maximum atomic E-state index is 12.4. The lowest BCUT2D eigenvalue weighted by atomic mass is 10.1. The number of anilines is 1. The number of sulfone groups is 1. The Morgan fingerprint density at radius 2 is 1.68 bits per heavy atom. The summed E-state index contributed by atoms with van der Waals surface area (Å²) in [5.74, 6) is -1.89. The van der Waals surface area contributed by atoms with Crippen LogP contribution in [0.15, 0.2) is 68.6 Å². The summed E-state index contributed by atoms with van der Waals surface area (Å²) in [7, 11) is -13.8. The number of phenolic OH excluding ortho intramolecular Hbond substituents is 1. The summed E-state index contributed by atoms with van der Waals surface area (Å²) in [5.41, 5.74) is -0.469. The number of carbonyl (C=O) groups excluding carboxylic acids is 1. The van der Waals surface area contributed by atoms with E-state index in [0.29, 0.717) is 0 Å². The molecular weight excluding hydrogens is 554 g/mol. The van der Waals surface area contributed by atoms with E-state index in [1.54, 1.807) is 0 Å². The van der Waals surface area contributed by atoms with Crippen LogP contribution in [0.5, 0.6) is 5.75 Å². The van der Waals surface area contributed by atoms with Crippen LogP contribution in [-0.2, 0) is 39.3 Å². The molecule has 3 aromatic rings. The number of benzene rings is 3. The molecule has 0 spiro atoms. The molecule has 0 saturated heterocycles. The Bertz CT molecular complexity index is 1730. The average molecular weight is 574 g/mol. The van der Waals surface area contributed by atoms with Gasteiger partial charge in [0.1, 0.15) is 10.6 Å². The molecule has 3 aromatic carbocycles. The van der Waals surface area contributed by atoms with Crippen LogP contribution in [0.25, 0.3) is 10.8 Å². The van der Waals surface area contributed by atoms with Crippen molar-refractivity contribution in [2.45, 2.75) is 16.7 Å². The van der Waals surface area contributed by atoms with Crippen LogP contribution in [0.3, 0.4) is 0 Å². The number of rotatable bonds is 9. The van der Waals surface area contributed by atoms with E-state index in [2.05, 4.69) is 19.7 Å². The summed E-state index contributed by atoms with van der Waals surface area (Å²) < 4.78 is 92.3. The maximum absolute atomic E-state index is 12.4. The van der Waals surface area contributed by atoms with Gasteiger partial charge in [-0.2, -0.15) is 21.9 Å². The van der Waals surface area contributed by atoms with Crippen molar-refractivity contribution in [1.29, 1.82) is 0 Å². The van der Waals surface area contributed by atoms with Crippen molar-refractivity contribution in [1.82, 2.24) is 0 Å². The number of hydrogen-bond donors (Lipinski definition) is 4. The molecule has 0 aliphatic rings. The summed E-state index contributed by atoms with van der Waals surface area (Å²) in [5, 5.41) is 21.0. The molecule has 14 nitrogen and oxygen atoms in total. The van der Waals surface area contributed by atoms with Crippen molar-refractivity contribution < 1.29 is 48.4 Å². The van der Waals surface area contributed by atoms with Crippen LogP contribution in [0.1, 0.15) is 6.92 Å². The molecule has 0 saturated carbocycles. The fourth-order valence-corrected chi connectivity index (χ4v) is 5.31. The smallest absolute Gasteiger partial charge is 0.397 e. The van der Waals surface area contributed by atoms with Gasteiger partial charge in [0, 0.05) is 18.0 Å². The van der Waals surface area contributed by atoms with E-state index in [-0.39, 0.29) is 27.0 Å². The minimum absolute atomic E-state index is 0.0720. The first-order valence-electron chi connectivity index (χ1n) is 9.98. The number of fused-ring (bicyclic) bond motifs is 1. The summed E-state index contributed by atoms with van der Waals surface area (Å²) in [6, 6.07) is 10.0. The van der Waals surface area contributed by atoms with Crippen molar-refractivity contribution in [3.8, 4) is 5.75 Å². The molecule has 0 heterocycles. The van der Waals surface area contributed by atoms with E-state index < -0.39 is 65.0 Å². The first-order valence-corrected chi connectivity index (χ1v) is 14.4. The fourth-order valence-electron chi connectivity index (χ4n) is 3.13. The van der Waals surface area contributed by atoms with Gasteiger partial charge < -0.3 is 10.4 Å². The molecule has 0 unspecified atom stereocenters. The first kappa shape index (κ1) is 28.1. The summed E-state index contributed by atoms with van der Waals surface area (Å²) in [6.07, 6.45) is 0. The van der Waals surface area contributed by atoms with E-state index in [1.165, 1.54) is 43.3 Å². The third kappa shape index (κ3) is 7.28. The molecular formula is C20H19N3O11S3. The molecule has 17 heteroatoms. The zero-order valence-corrected chi connectivity index (χ0v) is 21.2. The lowest BCUT2D eigenvalue weighted by molar-refractivity contribution is -0.114. The van der Waals surface area contributed by atoms with Crippen LogP contribution in [0.4, 0.5) is 17.1 Å². The normalized spacial score (nSPS) is 12.7. The molecule has 3 rings (SSSR count). The standard InChI is InChI=1S/C20H19N3O11S3/c1-12(24)21-14-6-5-13-9-18(36(28,29)30)19(20(25)17(13)11-14)23-22-15-3-2-4-16(10-15)35(26,27)8-7-34-37(31,32)33/h2-6,9-11,25H,7-8H2,1H3,(H,21,24)(H,28,29,30)(H,31,32,33). The SMILES string of the molecule is CC(=O)Nc1ccc2cc(S(=O)(=O)O)c(N=Nc3cccc(S(=O)(=O)CCOS(=O)(=O)O)c3)c(O)c2c1. The monoisotopic (exact) mass is 573 g/mol. The van der Waals surface area contributed by atoms with Gasteiger partial charge in [-0.05, 0) is 41.8 Å². The Morgan fingerprint density at radius 3 is 2.30 bits per heavy atom. The second kappa shape index (κ2) is 10.5. The number of nitrogens with one attached hydrogen (secondary N) is 1. The van der Waals surface area contributed by atoms with Crippen molar-refractivity contribution in [3.63, 3.8) is 0 Å². The maximum Gasteiger partial charge on any atom is 0.397 e. The number of aromatic hydroxyl groups is 1. The minimum Gasteiger partial charge on any atom is -0.505 e. The molecule has 0 aliphatic heterocycles. The molecule has 0 atom stereocenters. The third-order valence-electron chi connectivity index (χ3n) is 4.68. The van der Waals surface area contributed by atoms with Crippen molar-refractivity contribution >= 4 is 64.1 Å². The van der Waals surface area contributed by atoms with Crippen LogP contribution in [0, 0.1) is 0 Å². The topological polar surface area (TPSA) is 226 Å². The zero-order chi connectivity index (χ0) is 27.6. The Morgan fingerprint density at radius 1 is 0.973 bits per heavy atom. The van der Waals surface area contributed by atoms with E-state index >= 15 is 0 Å². The van der Waals surface area contributed by atoms with Gasteiger partial charge in [-0.1, -0.05) is 12.1 Å². The lowest BCUT2D eigenvalue weighted by Gasteiger charge is -2.10. The highest BCUT2D eigenvalue weighted by atomic mass is 32.3. The number of amides is 1. The predicted octanol–water partition coefficient (Wildman–Crippen LogP) is 2.76. The van der Waals surface area contributed by atoms with E-state index in [1.807, 2.05) is 0 Å². The zero-order valence-electron chi connectivity index (χ0n) is 18.8. The minimum atomic E-state index is -4.90. The number of phenols is 1. The van der Waals surface area contributed by atoms with Gasteiger partial charge in [-0.25, -0.2) is 12.6 Å². The second-order valence-corrected chi connectivity index (χ2v) is 12.0. The second-order valence-electron chi connectivity index (χ2n) is 7.43. The fraction of sp³-hybridized carbons (Fsp3) is 0.150. The number of azo groups is 1. The molecule has 0 radical (unpaired) electrons. The number of carbonyl (C=O) groups is 1. The third-order valence-corrected chi connectivity index (χ3v) is 7.69. The molecule has 4 N–H and O–H groups in total. The van der Waals surface area contributed by atoms with Gasteiger partial charge in [0.25, 0.3) is 10.1 Å². The van der Waals surface area contributed by atoms with Gasteiger partial charge >= 0.3 is 10.4 Å². The van der Waals surface area contributed by atoms with Crippen LogP contribution < -0.4 is 5.32 Å². The van der Waals surface area contributed by atoms with E-state index in [4.69, 9.17) is 4.55 Å². The summed E-state index contributed by atoms with van der Waals surface area (Å²) in [4.78, 5) is 10.2. The van der Waals surface area contributed by atoms with Crippen LogP contribution in [-0.4, -0.2) is 57.7 Å². The van der Waals surface area contributed by atoms with Gasteiger partial charge in [-0.15, -0.1) is 5.11 Å². The summed E-state index contributed by atoms with van der Waals surface area (Å²) >= 11 is 0. The van der Waals surface area contributed by atoms with Gasteiger partial charge in [0.2, 0.25) is 5.91 Å². The molecule has 0 aliphatic carbocycles. The number of nitrogens with zero attached hydrogens (tertiary/aromatic N) is 2. The quantitative estimate of drug-likeness (QED) is 0.215. The van der Waals surface area contributed by atoms with Crippen LogP contribution >= 0.6 is 0 Å². The average Bonchev–Trinajstić information content (AvgIpc) is 2.77. The Kier molecular flexibility index (Phi) is 7.96. The van der Waals surface area contributed by atoms with Gasteiger partial charge in [-0.3, -0.25) is 13.9 Å². The van der Waals surface area contributed by atoms with E-state index in [9.17, 15) is 39.7 Å². The predicted molar refractivity (Wildman–Crippen MR) is 130 cm³/mol. The van der Waals surface area contributed by atoms with Crippen LogP contribution in [0.2, 0.25) is 0 Å². The molecule has 0 fully saturated rings. The molecule has 0 bridgehead atoms. The molecule has 0 aromatic heterocycles. The van der Waals surface area contributed by atoms with Crippen molar-refractivity contribution in [3.05, 3.63) is 48.5 Å². The van der Waals surface area contributed by atoms with Crippen molar-refractivity contribution in [2.75, 3.05) is 17.7 Å². The highest BCUT2D eigenvalue weighted by Crippen LogP contribution is 2.42. The van der Waals surface area contributed by atoms with Gasteiger partial charge in [0.05, 0.1) is 22.9 Å². The molecule has 1 amide bonds. The summed E-state index contributed by atoms with van der Waals surface area (Å²) in [6.45, 7) is 0.414. The molecule has 198 valence electrons. The largest absolute Gasteiger partial charge is 0.505 e. The highest BCUT2D eigenvalue weighted by molar-refractivity contribution is 7.91. The Labute approximate surface area is 211 Å². The molecule has 37 heavy (non-hydrogen) atoms. The first-order chi connectivity index (χ1) is 17.1. The lowest BCUT2D eigenvalue weighted by Crippen LogP contribution is -2.15. The highest BCUT2D eigenvalue weighted by Gasteiger charge is 2.22.